The molecule has 1 aromatic heterocycles. The van der Waals surface area contributed by atoms with E-state index in [1.807, 2.05) is 7.05 Å². The van der Waals surface area contributed by atoms with Crippen molar-refractivity contribution in [3.05, 3.63) is 58.3 Å². The molecule has 124 valence electrons. The molecule has 0 radical (unpaired) electrons. The molecule has 0 saturated heterocycles. The van der Waals surface area contributed by atoms with E-state index >= 15 is 0 Å². The zero-order valence-electron chi connectivity index (χ0n) is 13.4. The Morgan fingerprint density at radius 1 is 1.17 bits per heavy atom. The Balaban J connectivity index is 0.00000192. The van der Waals surface area contributed by atoms with E-state index in [1.165, 1.54) is 30.4 Å². The summed E-state index contributed by atoms with van der Waals surface area (Å²) < 4.78 is 0. The largest absolute Gasteiger partial charge is 0.356 e. The number of halogens is 1. The van der Waals surface area contributed by atoms with E-state index in [0.29, 0.717) is 0 Å². The highest BCUT2D eigenvalue weighted by molar-refractivity contribution is 14.0. The van der Waals surface area contributed by atoms with Crippen molar-refractivity contribution in [3.8, 4) is 0 Å². The van der Waals surface area contributed by atoms with Crippen LogP contribution in [0.3, 0.4) is 0 Å². The minimum absolute atomic E-state index is 0. The third-order valence-corrected chi connectivity index (χ3v) is 5.29. The average Bonchev–Trinajstić information content (AvgIpc) is 3.03. The van der Waals surface area contributed by atoms with Gasteiger partial charge < -0.3 is 10.6 Å². The normalized spacial score (nSPS) is 16.1. The van der Waals surface area contributed by atoms with Crippen molar-refractivity contribution in [1.82, 2.24) is 10.6 Å². The fourth-order valence-corrected chi connectivity index (χ4v) is 3.68. The highest BCUT2D eigenvalue weighted by atomic mass is 127. The zero-order chi connectivity index (χ0) is 15.3. The number of rotatable bonds is 5. The van der Waals surface area contributed by atoms with Crippen LogP contribution >= 0.6 is 35.3 Å². The number of thiophene rings is 1. The standard InChI is InChI=1S/C18H23N3S.HI/c1-19-17(20-12-15-8-11-22-13-15)21-14-18(9-5-10-18)16-6-3-2-4-7-16;/h2-4,6-8,11,13H,5,9-10,12,14H2,1H3,(H2,19,20,21);1H. The minimum atomic E-state index is 0. The van der Waals surface area contributed by atoms with Gasteiger partial charge in [0.2, 0.25) is 0 Å². The Bertz CT molecular complexity index is 606. The lowest BCUT2D eigenvalue weighted by atomic mass is 9.64. The van der Waals surface area contributed by atoms with Crippen molar-refractivity contribution >= 4 is 41.3 Å². The molecule has 5 heteroatoms. The molecule has 0 unspecified atom stereocenters. The minimum Gasteiger partial charge on any atom is -0.356 e. The summed E-state index contributed by atoms with van der Waals surface area (Å²) in [6.45, 7) is 1.77. The van der Waals surface area contributed by atoms with E-state index in [0.717, 1.165) is 19.0 Å². The molecule has 1 aliphatic rings. The molecule has 0 aliphatic heterocycles. The first kappa shape index (κ1) is 18.3. The van der Waals surface area contributed by atoms with E-state index < -0.39 is 0 Å². The number of guanidine groups is 1. The molecule has 3 rings (SSSR count). The van der Waals surface area contributed by atoms with Gasteiger partial charge in [0, 0.05) is 25.6 Å². The molecule has 23 heavy (non-hydrogen) atoms. The van der Waals surface area contributed by atoms with Crippen LogP contribution in [0.25, 0.3) is 0 Å². The van der Waals surface area contributed by atoms with E-state index in [-0.39, 0.29) is 29.4 Å². The Morgan fingerprint density at radius 2 is 1.96 bits per heavy atom. The molecule has 3 nitrogen and oxygen atoms in total. The first-order valence-corrected chi connectivity index (χ1v) is 8.78. The first-order chi connectivity index (χ1) is 10.8. The summed E-state index contributed by atoms with van der Waals surface area (Å²) in [5.74, 6) is 0.883. The number of hydrogen-bond acceptors (Lipinski definition) is 2. The summed E-state index contributed by atoms with van der Waals surface area (Å²) >= 11 is 1.73. The smallest absolute Gasteiger partial charge is 0.191 e. The lowest BCUT2D eigenvalue weighted by Crippen LogP contribution is -2.48. The lowest BCUT2D eigenvalue weighted by molar-refractivity contribution is 0.244. The third-order valence-electron chi connectivity index (χ3n) is 4.55. The number of nitrogens with zero attached hydrogens (tertiary/aromatic N) is 1. The number of benzene rings is 1. The molecule has 1 aromatic carbocycles. The zero-order valence-corrected chi connectivity index (χ0v) is 16.6. The number of hydrogen-bond donors (Lipinski definition) is 2. The number of nitrogens with one attached hydrogen (secondary N) is 2. The van der Waals surface area contributed by atoms with Crippen molar-refractivity contribution in [1.29, 1.82) is 0 Å². The van der Waals surface area contributed by atoms with Crippen LogP contribution in [0.4, 0.5) is 0 Å². The van der Waals surface area contributed by atoms with Crippen LogP contribution in [-0.2, 0) is 12.0 Å². The summed E-state index contributed by atoms with van der Waals surface area (Å²) in [6, 6.07) is 13.0. The Labute approximate surface area is 159 Å². The van der Waals surface area contributed by atoms with E-state index in [9.17, 15) is 0 Å². The molecule has 1 fully saturated rings. The highest BCUT2D eigenvalue weighted by Crippen LogP contribution is 2.43. The first-order valence-electron chi connectivity index (χ1n) is 7.83. The van der Waals surface area contributed by atoms with Gasteiger partial charge in [-0.15, -0.1) is 24.0 Å². The predicted molar refractivity (Wildman–Crippen MR) is 110 cm³/mol. The van der Waals surface area contributed by atoms with Gasteiger partial charge in [0.05, 0.1) is 0 Å². The Hall–Kier alpha value is -1.08. The van der Waals surface area contributed by atoms with Crippen LogP contribution in [-0.4, -0.2) is 19.6 Å². The summed E-state index contributed by atoms with van der Waals surface area (Å²) in [6.07, 6.45) is 3.83. The van der Waals surface area contributed by atoms with Crippen LogP contribution in [0.2, 0.25) is 0 Å². The fourth-order valence-electron chi connectivity index (χ4n) is 3.02. The van der Waals surface area contributed by atoms with E-state index in [4.69, 9.17) is 0 Å². The second kappa shape index (κ2) is 8.68. The van der Waals surface area contributed by atoms with Gasteiger partial charge in [0.1, 0.15) is 0 Å². The summed E-state index contributed by atoms with van der Waals surface area (Å²) in [7, 11) is 1.83. The Kier molecular flexibility index (Phi) is 6.89. The maximum Gasteiger partial charge on any atom is 0.191 e. The van der Waals surface area contributed by atoms with Crippen LogP contribution in [0.15, 0.2) is 52.2 Å². The van der Waals surface area contributed by atoms with E-state index in [2.05, 4.69) is 62.8 Å². The maximum absolute atomic E-state index is 4.34. The van der Waals surface area contributed by atoms with Gasteiger partial charge in [-0.05, 0) is 40.8 Å². The van der Waals surface area contributed by atoms with Crippen molar-refractivity contribution in [2.24, 2.45) is 4.99 Å². The molecule has 0 bridgehead atoms. The van der Waals surface area contributed by atoms with Gasteiger partial charge in [-0.2, -0.15) is 11.3 Å². The van der Waals surface area contributed by atoms with Gasteiger partial charge >= 0.3 is 0 Å². The molecule has 1 saturated carbocycles. The number of aliphatic imine (C=N–C) groups is 1. The maximum atomic E-state index is 4.34. The second-order valence-corrected chi connectivity index (χ2v) is 6.69. The van der Waals surface area contributed by atoms with Gasteiger partial charge in [-0.3, -0.25) is 4.99 Å². The van der Waals surface area contributed by atoms with Crippen LogP contribution < -0.4 is 10.6 Å². The monoisotopic (exact) mass is 441 g/mol. The SMILES string of the molecule is CN=C(NCc1ccsc1)NCC1(c2ccccc2)CCC1.I. The summed E-state index contributed by atoms with van der Waals surface area (Å²) in [4.78, 5) is 4.34. The molecular weight excluding hydrogens is 417 g/mol. The molecule has 2 N–H and O–H groups in total. The average molecular weight is 441 g/mol. The predicted octanol–water partition coefficient (Wildman–Crippen LogP) is 4.15. The van der Waals surface area contributed by atoms with Gasteiger partial charge in [-0.25, -0.2) is 0 Å². The molecule has 2 aromatic rings. The van der Waals surface area contributed by atoms with Crippen molar-refractivity contribution in [2.75, 3.05) is 13.6 Å². The van der Waals surface area contributed by atoms with Gasteiger partial charge in [-0.1, -0.05) is 36.8 Å². The third kappa shape index (κ3) is 4.47. The summed E-state index contributed by atoms with van der Waals surface area (Å²) in [5.41, 5.74) is 3.03. The fraction of sp³-hybridized carbons (Fsp3) is 0.389. The lowest BCUT2D eigenvalue weighted by Gasteiger charge is -2.43. The highest BCUT2D eigenvalue weighted by Gasteiger charge is 2.38. The van der Waals surface area contributed by atoms with Crippen LogP contribution in [0, 0.1) is 0 Å². The molecule has 1 aliphatic carbocycles. The molecule has 1 heterocycles. The van der Waals surface area contributed by atoms with Crippen molar-refractivity contribution in [3.63, 3.8) is 0 Å². The molecule has 0 amide bonds. The second-order valence-electron chi connectivity index (χ2n) is 5.91. The van der Waals surface area contributed by atoms with Crippen LogP contribution in [0.1, 0.15) is 30.4 Å². The topological polar surface area (TPSA) is 36.4 Å². The Morgan fingerprint density at radius 3 is 2.52 bits per heavy atom. The molecule has 0 atom stereocenters. The molecule has 0 spiro atoms. The quantitative estimate of drug-likeness (QED) is 0.416. The van der Waals surface area contributed by atoms with Gasteiger partial charge in [0.15, 0.2) is 5.96 Å². The van der Waals surface area contributed by atoms with Crippen molar-refractivity contribution in [2.45, 2.75) is 31.2 Å². The van der Waals surface area contributed by atoms with Crippen LogP contribution in [0.5, 0.6) is 0 Å². The molecular formula is C18H24IN3S. The van der Waals surface area contributed by atoms with Gasteiger partial charge in [0.25, 0.3) is 0 Å². The van der Waals surface area contributed by atoms with Crippen molar-refractivity contribution < 1.29 is 0 Å². The summed E-state index contributed by atoms with van der Waals surface area (Å²) in [5, 5.41) is 11.2. The van der Waals surface area contributed by atoms with E-state index in [1.54, 1.807) is 11.3 Å².